The van der Waals surface area contributed by atoms with Gasteiger partial charge in [-0.2, -0.15) is 0 Å². The molecule has 1 aliphatic rings. The zero-order valence-corrected chi connectivity index (χ0v) is 25.4. The van der Waals surface area contributed by atoms with Crippen LogP contribution < -0.4 is 24.4 Å². The van der Waals surface area contributed by atoms with Gasteiger partial charge in [-0.25, -0.2) is 14.2 Å². The minimum absolute atomic E-state index is 0.0347. The summed E-state index contributed by atoms with van der Waals surface area (Å²) in [6, 6.07) is 29.8. The lowest BCUT2D eigenvalue weighted by molar-refractivity contribution is -0.138. The number of rotatable bonds is 9. The fraction of sp³-hybridized carbons (Fsp3) is 0.139. The van der Waals surface area contributed by atoms with Gasteiger partial charge in [-0.15, -0.1) is 0 Å². The molecular formula is C36H29FN2O5S. The van der Waals surface area contributed by atoms with Crippen LogP contribution in [0.4, 0.5) is 4.39 Å². The molecule has 226 valence electrons. The first kappa shape index (κ1) is 29.8. The first-order valence-corrected chi connectivity index (χ1v) is 15.2. The van der Waals surface area contributed by atoms with E-state index in [1.165, 1.54) is 24.5 Å². The molecule has 0 saturated carbocycles. The monoisotopic (exact) mass is 620 g/mol. The lowest BCUT2D eigenvalue weighted by atomic mass is 9.93. The van der Waals surface area contributed by atoms with Gasteiger partial charge in [0, 0.05) is 11.1 Å². The molecule has 0 saturated heterocycles. The Morgan fingerprint density at radius 1 is 0.956 bits per heavy atom. The molecule has 1 aliphatic heterocycles. The summed E-state index contributed by atoms with van der Waals surface area (Å²) >= 11 is 1.24. The van der Waals surface area contributed by atoms with Crippen molar-refractivity contribution in [3.8, 4) is 11.5 Å². The van der Waals surface area contributed by atoms with Crippen LogP contribution in [0.3, 0.4) is 0 Å². The molecule has 9 heteroatoms. The highest BCUT2D eigenvalue weighted by Crippen LogP contribution is 2.35. The predicted molar refractivity (Wildman–Crippen MR) is 171 cm³/mol. The number of thiazole rings is 1. The molecule has 1 atom stereocenters. The molecule has 7 nitrogen and oxygen atoms in total. The van der Waals surface area contributed by atoms with E-state index in [2.05, 4.69) is 0 Å². The van der Waals surface area contributed by atoms with Gasteiger partial charge in [0.2, 0.25) is 0 Å². The molecule has 0 radical (unpaired) electrons. The SMILES string of the molecule is CCOC(=O)C1=C(c2ccccc2)N=c2s/c(=C\c3ccc(OCc4ccccc4F)c(OC)c3)c(=O)n2[C@H]1c1ccccc1. The van der Waals surface area contributed by atoms with E-state index in [1.54, 1.807) is 54.0 Å². The zero-order valence-electron chi connectivity index (χ0n) is 24.6. The van der Waals surface area contributed by atoms with Crippen LogP contribution in [0.15, 0.2) is 118 Å². The summed E-state index contributed by atoms with van der Waals surface area (Å²) in [6.45, 7) is 1.96. The Morgan fingerprint density at radius 2 is 1.67 bits per heavy atom. The minimum atomic E-state index is -0.748. The Kier molecular flexibility index (Phi) is 8.70. The molecule has 4 aromatic carbocycles. The molecular weight excluding hydrogens is 591 g/mol. The van der Waals surface area contributed by atoms with Crippen LogP contribution in [0.5, 0.6) is 11.5 Å². The van der Waals surface area contributed by atoms with E-state index in [-0.39, 0.29) is 24.6 Å². The number of halogens is 1. The zero-order chi connectivity index (χ0) is 31.3. The lowest BCUT2D eigenvalue weighted by Gasteiger charge is -2.25. The lowest BCUT2D eigenvalue weighted by Crippen LogP contribution is -2.39. The average Bonchev–Trinajstić information content (AvgIpc) is 3.38. The van der Waals surface area contributed by atoms with Crippen LogP contribution in [0.2, 0.25) is 0 Å². The summed E-state index contributed by atoms with van der Waals surface area (Å²) < 4.78 is 33.0. The largest absolute Gasteiger partial charge is 0.493 e. The van der Waals surface area contributed by atoms with E-state index < -0.39 is 12.0 Å². The number of fused-ring (bicyclic) bond motifs is 1. The fourth-order valence-electron chi connectivity index (χ4n) is 5.21. The minimum Gasteiger partial charge on any atom is -0.493 e. The van der Waals surface area contributed by atoms with Gasteiger partial charge in [-0.3, -0.25) is 9.36 Å². The molecule has 45 heavy (non-hydrogen) atoms. The molecule has 6 rings (SSSR count). The average molecular weight is 621 g/mol. The standard InChI is InChI=1S/C36H29FN2O5S/c1-3-43-35(41)31-32(24-12-6-4-7-13-24)38-36-39(33(31)25-14-8-5-9-15-25)34(40)30(45-36)21-23-18-19-28(29(20-23)42-2)44-22-26-16-10-11-17-27(26)37/h4-21,33H,3,22H2,1-2H3/b30-21-/t33-/m0/s1. The van der Waals surface area contributed by atoms with Gasteiger partial charge < -0.3 is 14.2 Å². The van der Waals surface area contributed by atoms with Gasteiger partial charge in [0.05, 0.1) is 35.6 Å². The number of esters is 1. The molecule has 0 amide bonds. The van der Waals surface area contributed by atoms with Crippen LogP contribution in [0, 0.1) is 5.82 Å². The Morgan fingerprint density at radius 3 is 2.38 bits per heavy atom. The second kappa shape index (κ2) is 13.2. The van der Waals surface area contributed by atoms with Crippen LogP contribution in [-0.4, -0.2) is 24.3 Å². The number of ether oxygens (including phenoxy) is 3. The maximum Gasteiger partial charge on any atom is 0.338 e. The number of carbonyl (C=O) groups is 1. The maximum atomic E-state index is 14.1. The summed E-state index contributed by atoms with van der Waals surface area (Å²) in [5, 5.41) is 0. The fourth-order valence-corrected chi connectivity index (χ4v) is 6.21. The number of carbonyl (C=O) groups excluding carboxylic acids is 1. The molecule has 0 unspecified atom stereocenters. The number of benzene rings is 4. The van der Waals surface area contributed by atoms with Crippen molar-refractivity contribution in [3.63, 3.8) is 0 Å². The molecule has 5 aromatic rings. The van der Waals surface area contributed by atoms with E-state index in [1.807, 2.05) is 60.7 Å². The van der Waals surface area contributed by atoms with Crippen molar-refractivity contribution in [1.29, 1.82) is 0 Å². The number of nitrogens with zero attached hydrogens (tertiary/aromatic N) is 2. The second-order valence-electron chi connectivity index (χ2n) is 10.1. The molecule has 0 N–H and O–H groups in total. The third-order valence-corrected chi connectivity index (χ3v) is 8.30. The smallest absolute Gasteiger partial charge is 0.338 e. The van der Waals surface area contributed by atoms with Gasteiger partial charge in [0.15, 0.2) is 16.3 Å². The predicted octanol–water partition coefficient (Wildman–Crippen LogP) is 5.66. The van der Waals surface area contributed by atoms with E-state index in [4.69, 9.17) is 19.2 Å². The summed E-state index contributed by atoms with van der Waals surface area (Å²) in [5.41, 5.74) is 3.10. The molecule has 1 aromatic heterocycles. The van der Waals surface area contributed by atoms with Crippen LogP contribution >= 0.6 is 11.3 Å². The normalized spacial score (nSPS) is 14.5. The Balaban J connectivity index is 1.46. The summed E-state index contributed by atoms with van der Waals surface area (Å²) in [4.78, 5) is 33.0. The Labute approximate surface area is 262 Å². The molecule has 0 fully saturated rings. The van der Waals surface area contributed by atoms with Gasteiger partial charge >= 0.3 is 5.97 Å². The van der Waals surface area contributed by atoms with Gasteiger partial charge in [0.25, 0.3) is 5.56 Å². The Hall–Kier alpha value is -5.28. The van der Waals surface area contributed by atoms with E-state index in [9.17, 15) is 14.0 Å². The molecule has 0 spiro atoms. The van der Waals surface area contributed by atoms with Gasteiger partial charge in [-0.05, 0) is 42.3 Å². The molecule has 0 bridgehead atoms. The van der Waals surface area contributed by atoms with Crippen molar-refractivity contribution >= 4 is 29.1 Å². The highest BCUT2D eigenvalue weighted by molar-refractivity contribution is 7.07. The topological polar surface area (TPSA) is 79.1 Å². The number of methoxy groups -OCH3 is 1. The number of aromatic nitrogens is 1. The van der Waals surface area contributed by atoms with Crippen molar-refractivity contribution in [2.45, 2.75) is 19.6 Å². The third kappa shape index (κ3) is 6.07. The molecule has 0 aliphatic carbocycles. The van der Waals surface area contributed by atoms with Crippen molar-refractivity contribution in [1.82, 2.24) is 4.57 Å². The van der Waals surface area contributed by atoms with Crippen molar-refractivity contribution in [3.05, 3.63) is 156 Å². The van der Waals surface area contributed by atoms with Crippen molar-refractivity contribution in [2.75, 3.05) is 13.7 Å². The van der Waals surface area contributed by atoms with E-state index in [0.29, 0.717) is 43.2 Å². The first-order chi connectivity index (χ1) is 22.0. The highest BCUT2D eigenvalue weighted by atomic mass is 32.1. The van der Waals surface area contributed by atoms with E-state index in [0.717, 1.165) is 11.1 Å². The highest BCUT2D eigenvalue weighted by Gasteiger charge is 2.35. The van der Waals surface area contributed by atoms with Gasteiger partial charge in [-0.1, -0.05) is 96.3 Å². The second-order valence-corrected chi connectivity index (χ2v) is 11.1. The van der Waals surface area contributed by atoms with Crippen LogP contribution in [-0.2, 0) is 16.1 Å². The van der Waals surface area contributed by atoms with Crippen molar-refractivity contribution < 1.29 is 23.4 Å². The maximum absolute atomic E-state index is 14.1. The van der Waals surface area contributed by atoms with Crippen LogP contribution in [0.1, 0.15) is 35.2 Å². The van der Waals surface area contributed by atoms with Gasteiger partial charge in [0.1, 0.15) is 12.4 Å². The van der Waals surface area contributed by atoms with Crippen molar-refractivity contribution in [2.24, 2.45) is 4.99 Å². The number of hydrogen-bond acceptors (Lipinski definition) is 7. The summed E-state index contributed by atoms with van der Waals surface area (Å²) in [5.74, 6) is -0.00115. The quantitative estimate of drug-likeness (QED) is 0.199. The third-order valence-electron chi connectivity index (χ3n) is 7.32. The summed E-state index contributed by atoms with van der Waals surface area (Å²) in [7, 11) is 1.52. The Bertz CT molecular complexity index is 2070. The summed E-state index contributed by atoms with van der Waals surface area (Å²) in [6.07, 6.45) is 1.76. The van der Waals surface area contributed by atoms with Crippen LogP contribution in [0.25, 0.3) is 11.8 Å². The van der Waals surface area contributed by atoms with E-state index >= 15 is 0 Å². The molecule has 2 heterocycles. The number of hydrogen-bond donors (Lipinski definition) is 0. The first-order valence-electron chi connectivity index (χ1n) is 14.4.